The normalized spacial score (nSPS) is 9.69. The molecule has 1 aromatic carbocycles. The molecule has 2 amide bonds. The van der Waals surface area contributed by atoms with Crippen LogP contribution >= 0.6 is 0 Å². The fourth-order valence-electron chi connectivity index (χ4n) is 1.15. The number of carbonyl (C=O) groups excluding carboxylic acids is 1. The van der Waals surface area contributed by atoms with Crippen molar-refractivity contribution in [3.63, 3.8) is 0 Å². The van der Waals surface area contributed by atoms with E-state index < -0.39 is 11.0 Å². The van der Waals surface area contributed by atoms with Gasteiger partial charge >= 0.3 is 6.03 Å². The Labute approximate surface area is 91.4 Å². The van der Waals surface area contributed by atoms with Crippen molar-refractivity contribution in [1.82, 2.24) is 5.32 Å². The summed E-state index contributed by atoms with van der Waals surface area (Å²) in [6.45, 7) is 1.57. The lowest BCUT2D eigenvalue weighted by Gasteiger charge is -2.14. The maximum absolute atomic E-state index is 11.1. The Morgan fingerprint density at radius 3 is 2.69 bits per heavy atom. The molecular formula is C9H11N3O4. The van der Waals surface area contributed by atoms with Crippen LogP contribution in [-0.2, 0) is 0 Å². The Balaban J connectivity index is 3.12. The number of rotatable bonds is 2. The summed E-state index contributed by atoms with van der Waals surface area (Å²) >= 11 is 0. The lowest BCUT2D eigenvalue weighted by atomic mass is 10.2. The number of benzene rings is 1. The number of carbonyl (C=O) groups is 1. The van der Waals surface area contributed by atoms with Gasteiger partial charge in [0, 0.05) is 18.7 Å². The summed E-state index contributed by atoms with van der Waals surface area (Å²) in [5, 5.41) is 22.5. The van der Waals surface area contributed by atoms with Gasteiger partial charge in [-0.05, 0) is 13.0 Å². The van der Waals surface area contributed by atoms with Crippen LogP contribution in [0.1, 0.15) is 5.56 Å². The first kappa shape index (κ1) is 11.9. The molecule has 0 fully saturated rings. The zero-order valence-corrected chi connectivity index (χ0v) is 8.80. The molecule has 0 radical (unpaired) electrons. The van der Waals surface area contributed by atoms with Crippen molar-refractivity contribution >= 4 is 17.4 Å². The van der Waals surface area contributed by atoms with E-state index in [0.29, 0.717) is 10.6 Å². The van der Waals surface area contributed by atoms with Crippen LogP contribution < -0.4 is 10.4 Å². The van der Waals surface area contributed by atoms with Gasteiger partial charge in [-0.25, -0.2) is 4.79 Å². The number of nitrogens with zero attached hydrogens (tertiary/aromatic N) is 2. The first-order chi connectivity index (χ1) is 7.47. The highest BCUT2D eigenvalue weighted by Crippen LogP contribution is 2.24. The summed E-state index contributed by atoms with van der Waals surface area (Å²) in [7, 11) is 1.34. The van der Waals surface area contributed by atoms with Gasteiger partial charge in [-0.1, -0.05) is 6.07 Å². The van der Waals surface area contributed by atoms with Crippen LogP contribution in [0.15, 0.2) is 18.2 Å². The maximum atomic E-state index is 11.1. The van der Waals surface area contributed by atoms with Crippen molar-refractivity contribution in [2.24, 2.45) is 0 Å². The Morgan fingerprint density at radius 2 is 2.19 bits per heavy atom. The summed E-state index contributed by atoms with van der Waals surface area (Å²) in [6.07, 6.45) is 0. The second-order valence-corrected chi connectivity index (χ2v) is 3.09. The number of hydrogen-bond acceptors (Lipinski definition) is 4. The first-order valence-corrected chi connectivity index (χ1v) is 4.43. The van der Waals surface area contributed by atoms with Gasteiger partial charge < -0.3 is 5.32 Å². The third-order valence-electron chi connectivity index (χ3n) is 2.04. The van der Waals surface area contributed by atoms with Crippen LogP contribution in [0.25, 0.3) is 0 Å². The first-order valence-electron chi connectivity index (χ1n) is 4.43. The molecule has 0 bridgehead atoms. The van der Waals surface area contributed by atoms with Gasteiger partial charge in [0.15, 0.2) is 0 Å². The van der Waals surface area contributed by atoms with Crippen LogP contribution in [0.4, 0.5) is 16.2 Å². The van der Waals surface area contributed by atoms with Crippen LogP contribution in [-0.4, -0.2) is 23.2 Å². The molecule has 1 rings (SSSR count). The molecule has 0 spiro atoms. The van der Waals surface area contributed by atoms with Crippen molar-refractivity contribution in [3.05, 3.63) is 33.9 Å². The van der Waals surface area contributed by atoms with Crippen LogP contribution in [0, 0.1) is 17.0 Å². The molecule has 0 aromatic heterocycles. The average molecular weight is 225 g/mol. The largest absolute Gasteiger partial charge is 0.345 e. The van der Waals surface area contributed by atoms with Crippen molar-refractivity contribution in [3.8, 4) is 0 Å². The zero-order chi connectivity index (χ0) is 12.3. The van der Waals surface area contributed by atoms with Crippen molar-refractivity contribution in [2.75, 3.05) is 12.1 Å². The fourth-order valence-corrected chi connectivity index (χ4v) is 1.15. The number of amides is 2. The van der Waals surface area contributed by atoms with Gasteiger partial charge in [-0.3, -0.25) is 15.3 Å². The second-order valence-electron chi connectivity index (χ2n) is 3.09. The summed E-state index contributed by atoms with van der Waals surface area (Å²) in [5.74, 6) is 0. The third-order valence-corrected chi connectivity index (χ3v) is 2.04. The molecular weight excluding hydrogens is 214 g/mol. The minimum atomic E-state index is -0.766. The number of nitro groups is 1. The van der Waals surface area contributed by atoms with Crippen LogP contribution in [0.3, 0.4) is 0 Å². The number of hydroxylamine groups is 1. The van der Waals surface area contributed by atoms with Gasteiger partial charge in [0.2, 0.25) is 0 Å². The van der Waals surface area contributed by atoms with Gasteiger partial charge in [0.05, 0.1) is 10.6 Å². The van der Waals surface area contributed by atoms with Crippen molar-refractivity contribution in [1.29, 1.82) is 0 Å². The Bertz CT molecular complexity index is 433. The van der Waals surface area contributed by atoms with E-state index in [0.717, 1.165) is 6.07 Å². The summed E-state index contributed by atoms with van der Waals surface area (Å²) in [6, 6.07) is 3.24. The molecule has 0 unspecified atom stereocenters. The van der Waals surface area contributed by atoms with E-state index in [-0.39, 0.29) is 11.4 Å². The Kier molecular flexibility index (Phi) is 3.41. The number of urea groups is 1. The van der Waals surface area contributed by atoms with E-state index in [2.05, 4.69) is 5.32 Å². The van der Waals surface area contributed by atoms with Gasteiger partial charge in [0.1, 0.15) is 0 Å². The highest BCUT2D eigenvalue weighted by molar-refractivity contribution is 5.89. The van der Waals surface area contributed by atoms with E-state index in [4.69, 9.17) is 0 Å². The van der Waals surface area contributed by atoms with Crippen molar-refractivity contribution in [2.45, 2.75) is 6.92 Å². The monoisotopic (exact) mass is 225 g/mol. The second kappa shape index (κ2) is 4.58. The molecule has 0 saturated carbocycles. The molecule has 86 valence electrons. The minimum absolute atomic E-state index is 0.0386. The third kappa shape index (κ3) is 2.26. The fraction of sp³-hybridized carbons (Fsp3) is 0.222. The Morgan fingerprint density at radius 1 is 1.56 bits per heavy atom. The molecule has 7 nitrogen and oxygen atoms in total. The molecule has 2 N–H and O–H groups in total. The highest BCUT2D eigenvalue weighted by atomic mass is 16.6. The van der Waals surface area contributed by atoms with E-state index >= 15 is 0 Å². The molecule has 16 heavy (non-hydrogen) atoms. The van der Waals surface area contributed by atoms with Gasteiger partial charge in [-0.15, -0.1) is 0 Å². The standard InChI is InChI=1S/C9H11N3O4/c1-6-3-4-7(5-8(6)12(15)16)11(14)9(13)10-2/h3-5,14H,1-2H3,(H,10,13). The Hall–Kier alpha value is -2.15. The number of nitro benzene ring substituents is 1. The van der Waals surface area contributed by atoms with E-state index in [1.165, 1.54) is 19.2 Å². The molecule has 7 heteroatoms. The van der Waals surface area contributed by atoms with E-state index in [1.807, 2.05) is 0 Å². The molecule has 0 saturated heterocycles. The lowest BCUT2D eigenvalue weighted by Crippen LogP contribution is -2.35. The molecule has 0 aliphatic carbocycles. The quantitative estimate of drug-likeness (QED) is 0.452. The number of anilines is 1. The SMILES string of the molecule is CNC(=O)N(O)c1ccc(C)c([N+](=O)[O-])c1. The smallest absolute Gasteiger partial charge is 0.339 e. The maximum Gasteiger partial charge on any atom is 0.345 e. The van der Waals surface area contributed by atoms with Crippen LogP contribution in [0.2, 0.25) is 0 Å². The van der Waals surface area contributed by atoms with Crippen LogP contribution in [0.5, 0.6) is 0 Å². The lowest BCUT2D eigenvalue weighted by molar-refractivity contribution is -0.385. The molecule has 0 heterocycles. The summed E-state index contributed by atoms with van der Waals surface area (Å²) in [4.78, 5) is 21.1. The minimum Gasteiger partial charge on any atom is -0.339 e. The molecule has 0 aliphatic heterocycles. The highest BCUT2D eigenvalue weighted by Gasteiger charge is 2.17. The number of nitrogens with one attached hydrogen (secondary N) is 1. The average Bonchev–Trinajstić information content (AvgIpc) is 2.27. The van der Waals surface area contributed by atoms with Gasteiger partial charge in [-0.2, -0.15) is 5.06 Å². The van der Waals surface area contributed by atoms with E-state index in [1.54, 1.807) is 6.92 Å². The number of aryl methyl sites for hydroxylation is 1. The predicted octanol–water partition coefficient (Wildman–Crippen LogP) is 1.44. The molecule has 0 aliphatic rings. The van der Waals surface area contributed by atoms with Gasteiger partial charge in [0.25, 0.3) is 5.69 Å². The van der Waals surface area contributed by atoms with Crippen molar-refractivity contribution < 1.29 is 14.9 Å². The van der Waals surface area contributed by atoms with E-state index in [9.17, 15) is 20.1 Å². The summed E-state index contributed by atoms with van der Waals surface area (Å²) in [5.41, 5.74) is 0.344. The molecule has 0 atom stereocenters. The topological polar surface area (TPSA) is 95.7 Å². The number of hydrogen-bond donors (Lipinski definition) is 2. The molecule has 1 aromatic rings. The predicted molar refractivity (Wildman–Crippen MR) is 56.6 cm³/mol. The summed E-state index contributed by atoms with van der Waals surface area (Å²) < 4.78 is 0. The zero-order valence-electron chi connectivity index (χ0n) is 8.80.